The van der Waals surface area contributed by atoms with Crippen molar-refractivity contribution in [1.82, 2.24) is 0 Å². The maximum Gasteiger partial charge on any atom is 0.212 e. The minimum absolute atomic E-state index is 0.684. The van der Waals surface area contributed by atoms with Gasteiger partial charge in [-0.1, -0.05) is 179 Å². The highest BCUT2D eigenvalue weighted by atomic mass is 15.0. The van der Waals surface area contributed by atoms with Crippen LogP contribution in [0.15, 0.2) is 279 Å². The molecule has 0 aliphatic heterocycles. The second kappa shape index (κ2) is 34.8. The van der Waals surface area contributed by atoms with E-state index >= 15 is 0 Å². The van der Waals surface area contributed by atoms with Gasteiger partial charge in [0.1, 0.15) is 35.2 Å². The lowest BCUT2D eigenvalue weighted by Gasteiger charge is -2.10. The largest absolute Gasteiger partial charge is 0.212 e. The van der Waals surface area contributed by atoms with Gasteiger partial charge < -0.3 is 0 Å². The Morgan fingerprint density at radius 2 is 0.650 bits per heavy atom. The molecule has 0 fully saturated rings. The zero-order valence-corrected chi connectivity index (χ0v) is 62.9. The Morgan fingerprint density at radius 1 is 0.260 bits per heavy atom. The molecule has 5 nitrogen and oxygen atoms in total. The molecule has 0 spiro atoms. The molecule has 0 aliphatic rings. The third kappa shape index (κ3) is 18.8. The number of nitrogens with zero attached hydrogens (tertiary/aromatic N) is 5. The average Bonchev–Trinajstić information content (AvgIpc) is 0.824. The summed E-state index contributed by atoms with van der Waals surface area (Å²) in [5, 5.41) is 0. The molecule has 100 heavy (non-hydrogen) atoms. The molecule has 0 bridgehead atoms. The van der Waals surface area contributed by atoms with Gasteiger partial charge in [-0.2, -0.15) is 9.13 Å². The normalized spacial score (nSPS) is 10.8. The Bertz CT molecular complexity index is 4840. The zero-order valence-electron chi connectivity index (χ0n) is 62.9. The summed E-state index contributed by atoms with van der Waals surface area (Å²) in [6, 6.07) is 93.2. The molecule has 5 aromatic heterocycles. The van der Waals surface area contributed by atoms with E-state index in [0.717, 1.165) is 12.8 Å². The van der Waals surface area contributed by atoms with Crippen molar-refractivity contribution in [3.63, 3.8) is 0 Å². The number of hydrogen-bond donors (Lipinski definition) is 0. The van der Waals surface area contributed by atoms with E-state index in [1.54, 1.807) is 0 Å². The van der Waals surface area contributed by atoms with Crippen LogP contribution in [-0.2, 0) is 48.1 Å². The lowest BCUT2D eigenvalue weighted by atomic mass is 9.95. The first-order valence-electron chi connectivity index (χ1n) is 35.5. The summed E-state index contributed by atoms with van der Waals surface area (Å²) >= 11 is 0. The summed E-state index contributed by atoms with van der Waals surface area (Å²) in [6.07, 6.45) is 8.68. The Labute approximate surface area is 599 Å². The number of aryl methyl sites for hydroxylation is 12. The molecular formula is C95H106N5+5. The summed E-state index contributed by atoms with van der Waals surface area (Å²) in [4.78, 5) is 0. The van der Waals surface area contributed by atoms with E-state index in [-0.39, 0.29) is 0 Å². The SMILES string of the molecule is Cc1ccc(-c2ccc(CC(C)C)cc2)cc1-c1cccc[n+]1C.Cc1ccc(-c2ccccc2)cc1-c1cccc(C)[n+]1C.Cc1cccc(C)c1-c1cccc[n+]1C.Cc1ccccc1-c1ccc(-c2c(C)cccc2C)c[n+]1C.Cc1ccccc1-c1cccc(CC(C)C)[n+]1C. The molecule has 0 amide bonds. The third-order valence-electron chi connectivity index (χ3n) is 19.1. The van der Waals surface area contributed by atoms with Gasteiger partial charge in [0.2, 0.25) is 28.5 Å². The molecule has 0 aliphatic carbocycles. The minimum atomic E-state index is 0.684. The average molecular weight is 1320 g/mol. The van der Waals surface area contributed by atoms with E-state index in [2.05, 4.69) is 428 Å². The third-order valence-corrected chi connectivity index (χ3v) is 19.1. The molecule has 506 valence electrons. The first kappa shape index (κ1) is 73.7. The topological polar surface area (TPSA) is 19.4 Å². The van der Waals surface area contributed by atoms with Crippen LogP contribution in [-0.4, -0.2) is 0 Å². The maximum absolute atomic E-state index is 2.32. The highest BCUT2D eigenvalue weighted by Crippen LogP contribution is 2.32. The van der Waals surface area contributed by atoms with Crippen LogP contribution in [0.2, 0.25) is 0 Å². The van der Waals surface area contributed by atoms with E-state index in [1.807, 2.05) is 0 Å². The van der Waals surface area contributed by atoms with Gasteiger partial charge in [0.15, 0.2) is 30.0 Å². The van der Waals surface area contributed by atoms with Crippen LogP contribution in [0.1, 0.15) is 89.2 Å². The van der Waals surface area contributed by atoms with E-state index < -0.39 is 0 Å². The number of pyridine rings is 5. The Kier molecular flexibility index (Phi) is 25.7. The van der Waals surface area contributed by atoms with Crippen LogP contribution in [0.3, 0.4) is 0 Å². The fourth-order valence-electron chi connectivity index (χ4n) is 13.4. The molecule has 0 saturated carbocycles. The van der Waals surface area contributed by atoms with Gasteiger partial charge in [-0.05, 0) is 206 Å². The molecule has 13 aromatic rings. The molecule has 13 rings (SSSR count). The van der Waals surface area contributed by atoms with Gasteiger partial charge in [-0.15, -0.1) is 0 Å². The molecule has 8 aromatic carbocycles. The fourth-order valence-corrected chi connectivity index (χ4v) is 13.4. The minimum Gasteiger partial charge on any atom is -0.201 e. The van der Waals surface area contributed by atoms with Crippen molar-refractivity contribution in [2.45, 2.75) is 103 Å². The van der Waals surface area contributed by atoms with Crippen molar-refractivity contribution in [3.8, 4) is 89.7 Å². The van der Waals surface area contributed by atoms with E-state index in [0.29, 0.717) is 11.8 Å². The Hall–Kier alpha value is -10.5. The van der Waals surface area contributed by atoms with Gasteiger partial charge >= 0.3 is 0 Å². The molecule has 0 radical (unpaired) electrons. The Morgan fingerprint density at radius 3 is 1.17 bits per heavy atom. The van der Waals surface area contributed by atoms with E-state index in [1.165, 1.54) is 151 Å². The smallest absolute Gasteiger partial charge is 0.201 e. The predicted octanol–water partition coefficient (Wildman–Crippen LogP) is 21.1. The molecule has 0 saturated heterocycles. The van der Waals surface area contributed by atoms with Crippen LogP contribution in [0.5, 0.6) is 0 Å². The van der Waals surface area contributed by atoms with Gasteiger partial charge in [0, 0.05) is 95.8 Å². The molecule has 5 heteroatoms. The number of aromatic nitrogens is 5. The molecule has 0 atom stereocenters. The lowest BCUT2D eigenvalue weighted by molar-refractivity contribution is -0.668. The standard InChI is InChI=1S/C23H26N.C21H22N.C20H20N.C17H22N.C14H16N/c1-17(2)15-19-9-12-20(13-10-19)21-11-8-18(3)22(16-21)23-7-5-6-14-24(23)4;1-15-8-5-6-11-19(15)20-13-12-18(14-22(20)4)21-16(2)9-7-10-17(21)3;1-15-12-13-18(17-9-5-4-6-10-17)14-19(15)20-11-7-8-16(2)21(20)3;1-13(2)12-15-9-7-11-17(18(15)4)16-10-6-5-8-14(16)3;1-11-7-6-8-12(2)14(11)13-9-4-5-10-15(13)3/h5-14,16-17H,15H2,1-4H3;5-14H,1-4H3;4-14H,1-3H3;5-11,13H,12H2,1-4H3;4-10H,1-3H3/q5*+1. The first-order valence-corrected chi connectivity index (χ1v) is 35.5. The van der Waals surface area contributed by atoms with Gasteiger partial charge in [0.25, 0.3) is 0 Å². The van der Waals surface area contributed by atoms with Gasteiger partial charge in [-0.25, -0.2) is 13.7 Å². The van der Waals surface area contributed by atoms with Crippen LogP contribution < -0.4 is 22.8 Å². The van der Waals surface area contributed by atoms with Crippen LogP contribution in [0.25, 0.3) is 89.7 Å². The number of benzene rings is 8. The van der Waals surface area contributed by atoms with Crippen molar-refractivity contribution in [2.75, 3.05) is 0 Å². The zero-order chi connectivity index (χ0) is 71.6. The van der Waals surface area contributed by atoms with E-state index in [9.17, 15) is 0 Å². The van der Waals surface area contributed by atoms with Crippen LogP contribution in [0, 0.1) is 74.1 Å². The second-order valence-electron chi connectivity index (χ2n) is 27.9. The molecular weight excluding hydrogens is 1210 g/mol. The van der Waals surface area contributed by atoms with Crippen molar-refractivity contribution in [2.24, 2.45) is 47.1 Å². The summed E-state index contributed by atoms with van der Waals surface area (Å²) in [6.45, 7) is 28.6. The summed E-state index contributed by atoms with van der Waals surface area (Å²) < 4.78 is 11.1. The van der Waals surface area contributed by atoms with Crippen molar-refractivity contribution >= 4 is 0 Å². The predicted molar refractivity (Wildman–Crippen MR) is 421 cm³/mol. The summed E-state index contributed by atoms with van der Waals surface area (Å²) in [5.41, 5.74) is 35.2. The summed E-state index contributed by atoms with van der Waals surface area (Å²) in [5.74, 6) is 1.38. The van der Waals surface area contributed by atoms with Crippen molar-refractivity contribution in [1.29, 1.82) is 0 Å². The lowest BCUT2D eigenvalue weighted by Crippen LogP contribution is -2.36. The highest BCUT2D eigenvalue weighted by Gasteiger charge is 2.20. The Balaban J connectivity index is 0.000000147. The fraction of sp³-hybridized carbons (Fsp3) is 0.232. The van der Waals surface area contributed by atoms with E-state index in [4.69, 9.17) is 0 Å². The molecule has 0 N–H and O–H groups in total. The van der Waals surface area contributed by atoms with Gasteiger partial charge in [-0.3, -0.25) is 0 Å². The second-order valence-corrected chi connectivity index (χ2v) is 27.9. The van der Waals surface area contributed by atoms with Crippen LogP contribution in [0.4, 0.5) is 0 Å². The molecule has 5 heterocycles. The first-order chi connectivity index (χ1) is 48.1. The van der Waals surface area contributed by atoms with Crippen molar-refractivity contribution < 1.29 is 22.8 Å². The monoisotopic (exact) mass is 1320 g/mol. The van der Waals surface area contributed by atoms with Crippen LogP contribution >= 0.6 is 0 Å². The maximum atomic E-state index is 2.32. The van der Waals surface area contributed by atoms with Crippen molar-refractivity contribution in [3.05, 3.63) is 341 Å². The summed E-state index contributed by atoms with van der Waals surface area (Å²) in [7, 11) is 10.6. The number of hydrogen-bond acceptors (Lipinski definition) is 0. The molecule has 0 unspecified atom stereocenters. The van der Waals surface area contributed by atoms with Gasteiger partial charge in [0.05, 0.1) is 5.56 Å². The highest BCUT2D eigenvalue weighted by molar-refractivity contribution is 5.75. The number of rotatable bonds is 12. The quantitative estimate of drug-likeness (QED) is 0.109.